The normalized spacial score (nSPS) is 13.2. The van der Waals surface area contributed by atoms with Crippen LogP contribution in [-0.4, -0.2) is 22.6 Å². The van der Waals surface area contributed by atoms with Crippen LogP contribution in [0.2, 0.25) is 0 Å². The van der Waals surface area contributed by atoms with Crippen molar-refractivity contribution in [2.75, 3.05) is 14.7 Å². The Labute approximate surface area is 463 Å². The second-order valence-corrected chi connectivity index (χ2v) is 21.6. The molecule has 8 heteroatoms. The Morgan fingerprint density at radius 3 is 1.43 bits per heavy atom. The molecule has 0 bridgehead atoms. The van der Waals surface area contributed by atoms with Crippen molar-refractivity contribution in [3.05, 3.63) is 273 Å². The fraction of sp³-hybridized carbons (Fsp3) is 0. The summed E-state index contributed by atoms with van der Waals surface area (Å²) in [6, 6.07) is 100. The van der Waals surface area contributed by atoms with Gasteiger partial charge in [-0.05, 0) is 124 Å². The highest BCUT2D eigenvalue weighted by Crippen LogP contribution is 2.49. The van der Waals surface area contributed by atoms with Crippen molar-refractivity contribution in [1.29, 1.82) is 0 Å². The summed E-state index contributed by atoms with van der Waals surface area (Å²) in [4.78, 5) is 7.41. The zero-order chi connectivity index (χ0) is 52.2. The van der Waals surface area contributed by atoms with Crippen LogP contribution >= 0.6 is 0 Å². The lowest BCUT2D eigenvalue weighted by Gasteiger charge is -2.45. The molecule has 18 rings (SSSR count). The minimum Gasteiger partial charge on any atom is -0.458 e. The highest BCUT2D eigenvalue weighted by molar-refractivity contribution is 7.02. The fourth-order valence-electron chi connectivity index (χ4n) is 14.3. The van der Waals surface area contributed by atoms with E-state index in [1.165, 1.54) is 65.4 Å². The number of anilines is 9. The maximum atomic E-state index is 7.68. The molecule has 370 valence electrons. The molecular formula is C72H45B2N5O. The Hall–Kier alpha value is -10.4. The van der Waals surface area contributed by atoms with Gasteiger partial charge in [-0.25, -0.2) is 0 Å². The van der Waals surface area contributed by atoms with Crippen LogP contribution in [0, 0.1) is 0 Å². The molecule has 0 saturated heterocycles. The van der Waals surface area contributed by atoms with Crippen LogP contribution in [0.4, 0.5) is 51.2 Å². The molecule has 0 saturated carbocycles. The summed E-state index contributed by atoms with van der Waals surface area (Å²) in [5.41, 5.74) is 24.3. The summed E-state index contributed by atoms with van der Waals surface area (Å²) in [7, 11) is 0. The number of benzene rings is 12. The Morgan fingerprint density at radius 1 is 0.287 bits per heavy atom. The van der Waals surface area contributed by atoms with E-state index in [0.29, 0.717) is 0 Å². The average Bonchev–Trinajstić information content (AvgIpc) is 3.33. The lowest BCUT2D eigenvalue weighted by atomic mass is 9.30. The van der Waals surface area contributed by atoms with E-state index in [4.69, 9.17) is 4.74 Å². The van der Waals surface area contributed by atoms with Crippen molar-refractivity contribution < 1.29 is 4.74 Å². The molecule has 4 aliphatic rings. The molecule has 0 atom stereocenters. The van der Waals surface area contributed by atoms with E-state index in [1.807, 2.05) is 0 Å². The first-order valence-corrected chi connectivity index (χ1v) is 27.7. The van der Waals surface area contributed by atoms with Crippen molar-refractivity contribution in [1.82, 2.24) is 9.13 Å². The fourth-order valence-corrected chi connectivity index (χ4v) is 14.3. The Bertz CT molecular complexity index is 4810. The maximum absolute atomic E-state index is 7.68. The van der Waals surface area contributed by atoms with E-state index in [0.717, 1.165) is 85.1 Å². The molecule has 0 fully saturated rings. The lowest BCUT2D eigenvalue weighted by Crippen LogP contribution is -2.64. The first-order valence-electron chi connectivity index (χ1n) is 27.7. The van der Waals surface area contributed by atoms with Gasteiger partial charge in [-0.15, -0.1) is 0 Å². The van der Waals surface area contributed by atoms with E-state index in [-0.39, 0.29) is 13.4 Å². The van der Waals surface area contributed by atoms with E-state index in [1.54, 1.807) is 0 Å². The van der Waals surface area contributed by atoms with Crippen LogP contribution in [0.3, 0.4) is 0 Å². The van der Waals surface area contributed by atoms with Crippen LogP contribution in [0.5, 0.6) is 11.5 Å². The zero-order valence-corrected chi connectivity index (χ0v) is 43.3. The van der Waals surface area contributed by atoms with Crippen molar-refractivity contribution in [3.8, 4) is 22.9 Å². The topological polar surface area (TPSA) is 28.8 Å². The Kier molecular flexibility index (Phi) is 9.03. The number of fused-ring (bicyclic) bond motifs is 14. The molecule has 2 aromatic heterocycles. The average molecular weight is 1020 g/mol. The number of aromatic nitrogens is 2. The predicted octanol–water partition coefficient (Wildman–Crippen LogP) is 14.4. The number of rotatable bonds is 6. The van der Waals surface area contributed by atoms with Crippen molar-refractivity contribution in [2.45, 2.75) is 0 Å². The van der Waals surface area contributed by atoms with Gasteiger partial charge in [0.25, 0.3) is 13.4 Å². The Balaban J connectivity index is 0.943. The summed E-state index contributed by atoms with van der Waals surface area (Å²) >= 11 is 0. The van der Waals surface area contributed by atoms with E-state index in [2.05, 4.69) is 297 Å². The van der Waals surface area contributed by atoms with Crippen LogP contribution in [0.25, 0.3) is 55.0 Å². The van der Waals surface area contributed by atoms with Gasteiger partial charge in [0.1, 0.15) is 11.5 Å². The molecule has 0 unspecified atom stereocenters. The van der Waals surface area contributed by atoms with Crippen molar-refractivity contribution >= 4 is 141 Å². The second kappa shape index (κ2) is 16.5. The standard InChI is InChI=1S/C72H45B2N5O/c1-5-22-46(23-6-1)75(47-24-7-2-8-25-47)50-40-65-70-66(41-50)77(49-28-11-4-12-29-49)64-45-68-59(44-58(64)73(70)56-34-16-20-39-63(56)76(65)48-26-9-3-10-27-48)74-57-35-21-33-55-54-32-15-19-38-62(54)79(72(55)57)67-42-51(43-69(80-68)71(67)74)78-60-36-17-13-30-52(60)53-31-14-18-37-61(53)78/h1-45H. The van der Waals surface area contributed by atoms with Crippen LogP contribution < -0.4 is 52.2 Å². The summed E-state index contributed by atoms with van der Waals surface area (Å²) in [6.45, 7) is -0.253. The molecule has 0 spiro atoms. The molecule has 0 aliphatic carbocycles. The highest BCUT2D eigenvalue weighted by atomic mass is 16.5. The highest BCUT2D eigenvalue weighted by Gasteiger charge is 2.47. The molecule has 0 amide bonds. The third-order valence-corrected chi connectivity index (χ3v) is 17.4. The van der Waals surface area contributed by atoms with E-state index >= 15 is 0 Å². The van der Waals surface area contributed by atoms with Gasteiger partial charge in [0.15, 0.2) is 0 Å². The smallest absolute Gasteiger partial charge is 0.256 e. The van der Waals surface area contributed by atoms with Gasteiger partial charge in [0.05, 0.1) is 27.9 Å². The lowest BCUT2D eigenvalue weighted by molar-refractivity contribution is 0.487. The van der Waals surface area contributed by atoms with Gasteiger partial charge in [0, 0.05) is 90.4 Å². The Morgan fingerprint density at radius 2 is 0.787 bits per heavy atom. The monoisotopic (exact) mass is 1020 g/mol. The predicted molar refractivity (Wildman–Crippen MR) is 335 cm³/mol. The molecule has 0 N–H and O–H groups in total. The third-order valence-electron chi connectivity index (χ3n) is 17.4. The number of nitrogens with zero attached hydrogens (tertiary/aromatic N) is 5. The number of hydrogen-bond acceptors (Lipinski definition) is 4. The first kappa shape index (κ1) is 43.6. The van der Waals surface area contributed by atoms with Gasteiger partial charge >= 0.3 is 0 Å². The number of para-hydroxylation sites is 9. The SMILES string of the molecule is c1ccc(N(c2ccccc2)c2cc3c4c(c2)N(c2ccccc2)c2cc5c(cc2B4c2ccccc2N3c2ccccc2)B2c3c(cc(-n4c6ccccc6c6ccccc64)cc3-n3c4ccccc4c4cccc2c43)O5)cc1. The van der Waals surface area contributed by atoms with Gasteiger partial charge in [-0.2, -0.15) is 0 Å². The summed E-state index contributed by atoms with van der Waals surface area (Å²) in [5.74, 6) is 1.73. The minimum absolute atomic E-state index is 0.125. The molecule has 14 aromatic rings. The zero-order valence-electron chi connectivity index (χ0n) is 43.3. The van der Waals surface area contributed by atoms with E-state index < -0.39 is 0 Å². The molecule has 0 radical (unpaired) electrons. The van der Waals surface area contributed by atoms with Crippen molar-refractivity contribution in [3.63, 3.8) is 0 Å². The summed E-state index contributed by atoms with van der Waals surface area (Å²) < 4.78 is 12.6. The molecule has 6 nitrogen and oxygen atoms in total. The van der Waals surface area contributed by atoms with Crippen LogP contribution in [-0.2, 0) is 0 Å². The van der Waals surface area contributed by atoms with Gasteiger partial charge in [-0.1, -0.05) is 170 Å². The summed E-state index contributed by atoms with van der Waals surface area (Å²) in [5, 5.41) is 4.95. The second-order valence-electron chi connectivity index (χ2n) is 21.6. The first-order chi connectivity index (χ1) is 39.7. The number of hydrogen-bond donors (Lipinski definition) is 0. The molecular weight excluding hydrogens is 972 g/mol. The minimum atomic E-state index is -0.128. The van der Waals surface area contributed by atoms with Crippen molar-refractivity contribution in [2.24, 2.45) is 0 Å². The quantitative estimate of drug-likeness (QED) is 0.155. The van der Waals surface area contributed by atoms with Gasteiger partial charge < -0.3 is 28.6 Å². The van der Waals surface area contributed by atoms with Crippen LogP contribution in [0.15, 0.2) is 273 Å². The van der Waals surface area contributed by atoms with Gasteiger partial charge in [0.2, 0.25) is 0 Å². The molecule has 80 heavy (non-hydrogen) atoms. The maximum Gasteiger partial charge on any atom is 0.256 e. The molecule has 12 aromatic carbocycles. The number of ether oxygens (including phenoxy) is 1. The van der Waals surface area contributed by atoms with Gasteiger partial charge in [-0.3, -0.25) is 0 Å². The summed E-state index contributed by atoms with van der Waals surface area (Å²) in [6.07, 6.45) is 0. The molecule has 4 aliphatic heterocycles. The third kappa shape index (κ3) is 5.99. The largest absolute Gasteiger partial charge is 0.458 e. The molecule has 6 heterocycles. The van der Waals surface area contributed by atoms with Crippen LogP contribution in [0.1, 0.15) is 0 Å². The van der Waals surface area contributed by atoms with E-state index in [9.17, 15) is 0 Å².